The van der Waals surface area contributed by atoms with E-state index in [1.807, 2.05) is 25.1 Å². The van der Waals surface area contributed by atoms with Crippen molar-refractivity contribution in [3.63, 3.8) is 0 Å². The van der Waals surface area contributed by atoms with Crippen molar-refractivity contribution >= 4 is 5.82 Å². The molecule has 0 saturated carbocycles. The number of pyridine rings is 1. The van der Waals surface area contributed by atoms with Gasteiger partial charge in [0, 0.05) is 43.5 Å². The van der Waals surface area contributed by atoms with Gasteiger partial charge in [-0.2, -0.15) is 0 Å². The number of aromatic nitrogens is 1. The molecule has 1 N–H and O–H groups in total. The van der Waals surface area contributed by atoms with Crippen LogP contribution >= 0.6 is 0 Å². The number of rotatable bonds is 2. The van der Waals surface area contributed by atoms with Gasteiger partial charge in [0.25, 0.3) is 0 Å². The van der Waals surface area contributed by atoms with Crippen molar-refractivity contribution in [2.45, 2.75) is 6.92 Å². The zero-order valence-corrected chi connectivity index (χ0v) is 11.6. The molecule has 1 aromatic carbocycles. The van der Waals surface area contributed by atoms with Crippen LogP contribution in [0.4, 0.5) is 10.2 Å². The van der Waals surface area contributed by atoms with Crippen LogP contribution < -0.4 is 10.2 Å². The standard InChI is InChI=1S/C16H18FN3/c1-12-3-2-4-14(17)16(12)13-5-6-15(19-11-13)20-9-7-18-8-10-20/h2-6,11,18H,7-10H2,1H3. The van der Waals surface area contributed by atoms with Gasteiger partial charge in [0.05, 0.1) is 0 Å². The van der Waals surface area contributed by atoms with Crippen molar-refractivity contribution in [2.75, 3.05) is 31.1 Å². The third kappa shape index (κ3) is 2.51. The normalized spacial score (nSPS) is 15.4. The lowest BCUT2D eigenvalue weighted by Gasteiger charge is -2.28. The fraction of sp³-hybridized carbons (Fsp3) is 0.312. The summed E-state index contributed by atoms with van der Waals surface area (Å²) in [6, 6.07) is 9.08. The summed E-state index contributed by atoms with van der Waals surface area (Å²) in [7, 11) is 0. The Balaban J connectivity index is 1.89. The third-order valence-electron chi connectivity index (χ3n) is 3.70. The maximum absolute atomic E-state index is 13.9. The highest BCUT2D eigenvalue weighted by Crippen LogP contribution is 2.27. The smallest absolute Gasteiger partial charge is 0.131 e. The molecule has 1 aliphatic heterocycles. The maximum Gasteiger partial charge on any atom is 0.131 e. The molecule has 0 amide bonds. The molecular formula is C16H18FN3. The summed E-state index contributed by atoms with van der Waals surface area (Å²) in [6.07, 6.45) is 1.77. The fourth-order valence-corrected chi connectivity index (χ4v) is 2.61. The van der Waals surface area contributed by atoms with Crippen molar-refractivity contribution < 1.29 is 4.39 Å². The van der Waals surface area contributed by atoms with Crippen LogP contribution in [0.2, 0.25) is 0 Å². The fourth-order valence-electron chi connectivity index (χ4n) is 2.61. The highest BCUT2D eigenvalue weighted by atomic mass is 19.1. The SMILES string of the molecule is Cc1cccc(F)c1-c1ccc(N2CCNCC2)nc1. The summed E-state index contributed by atoms with van der Waals surface area (Å²) in [6.45, 7) is 5.81. The van der Waals surface area contributed by atoms with Crippen molar-refractivity contribution in [1.82, 2.24) is 10.3 Å². The minimum absolute atomic E-state index is 0.193. The molecule has 2 heterocycles. The van der Waals surface area contributed by atoms with Gasteiger partial charge in [0.15, 0.2) is 0 Å². The number of nitrogens with zero attached hydrogens (tertiary/aromatic N) is 2. The van der Waals surface area contributed by atoms with E-state index < -0.39 is 0 Å². The van der Waals surface area contributed by atoms with Gasteiger partial charge in [0.1, 0.15) is 11.6 Å². The van der Waals surface area contributed by atoms with E-state index in [9.17, 15) is 4.39 Å². The Labute approximate surface area is 118 Å². The number of piperazine rings is 1. The predicted octanol–water partition coefficient (Wildman–Crippen LogP) is 2.61. The Hall–Kier alpha value is -1.94. The van der Waals surface area contributed by atoms with E-state index in [-0.39, 0.29) is 5.82 Å². The van der Waals surface area contributed by atoms with Gasteiger partial charge in [-0.1, -0.05) is 12.1 Å². The molecule has 104 valence electrons. The number of anilines is 1. The van der Waals surface area contributed by atoms with Gasteiger partial charge in [-0.15, -0.1) is 0 Å². The summed E-state index contributed by atoms with van der Waals surface area (Å²) in [5, 5.41) is 3.32. The van der Waals surface area contributed by atoms with Crippen molar-refractivity contribution in [2.24, 2.45) is 0 Å². The van der Waals surface area contributed by atoms with Crippen LogP contribution in [0.25, 0.3) is 11.1 Å². The Bertz CT molecular complexity index is 569. The highest BCUT2D eigenvalue weighted by Gasteiger charge is 2.13. The van der Waals surface area contributed by atoms with Crippen LogP contribution in [0.15, 0.2) is 36.5 Å². The first kappa shape index (κ1) is 13.1. The molecule has 0 radical (unpaired) electrons. The van der Waals surface area contributed by atoms with Crippen LogP contribution in [-0.2, 0) is 0 Å². The second-order valence-electron chi connectivity index (χ2n) is 5.07. The first-order chi connectivity index (χ1) is 9.75. The molecule has 0 spiro atoms. The summed E-state index contributed by atoms with van der Waals surface area (Å²) in [5.74, 6) is 0.769. The second-order valence-corrected chi connectivity index (χ2v) is 5.07. The van der Waals surface area contributed by atoms with E-state index in [4.69, 9.17) is 0 Å². The molecule has 0 atom stereocenters. The zero-order chi connectivity index (χ0) is 13.9. The lowest BCUT2D eigenvalue weighted by molar-refractivity contribution is 0.585. The van der Waals surface area contributed by atoms with E-state index in [0.717, 1.165) is 43.1 Å². The predicted molar refractivity (Wildman–Crippen MR) is 79.5 cm³/mol. The van der Waals surface area contributed by atoms with E-state index in [1.54, 1.807) is 12.3 Å². The zero-order valence-electron chi connectivity index (χ0n) is 11.6. The van der Waals surface area contributed by atoms with E-state index in [2.05, 4.69) is 15.2 Å². The van der Waals surface area contributed by atoms with Crippen LogP contribution in [0.3, 0.4) is 0 Å². The first-order valence-electron chi connectivity index (χ1n) is 6.93. The lowest BCUT2D eigenvalue weighted by atomic mass is 10.0. The largest absolute Gasteiger partial charge is 0.354 e. The average Bonchev–Trinajstić information content (AvgIpc) is 2.49. The summed E-state index contributed by atoms with van der Waals surface area (Å²) in [4.78, 5) is 6.74. The van der Waals surface area contributed by atoms with Crippen LogP contribution in [0.5, 0.6) is 0 Å². The van der Waals surface area contributed by atoms with Gasteiger partial charge in [-0.25, -0.2) is 9.37 Å². The van der Waals surface area contributed by atoms with Gasteiger partial charge < -0.3 is 10.2 Å². The van der Waals surface area contributed by atoms with Gasteiger partial charge in [0.2, 0.25) is 0 Å². The summed E-state index contributed by atoms with van der Waals surface area (Å²) >= 11 is 0. The molecule has 4 heteroatoms. The minimum Gasteiger partial charge on any atom is -0.354 e. The Kier molecular flexibility index (Phi) is 3.65. The molecule has 3 rings (SSSR count). The summed E-state index contributed by atoms with van der Waals surface area (Å²) < 4.78 is 13.9. The quantitative estimate of drug-likeness (QED) is 0.910. The van der Waals surface area contributed by atoms with Crippen molar-refractivity contribution in [3.8, 4) is 11.1 Å². The number of nitrogens with one attached hydrogen (secondary N) is 1. The molecule has 1 aliphatic rings. The third-order valence-corrected chi connectivity index (χ3v) is 3.70. The van der Waals surface area contributed by atoms with Crippen LogP contribution in [-0.4, -0.2) is 31.2 Å². The maximum atomic E-state index is 13.9. The first-order valence-corrected chi connectivity index (χ1v) is 6.93. The van der Waals surface area contributed by atoms with E-state index >= 15 is 0 Å². The number of hydrogen-bond donors (Lipinski definition) is 1. The molecule has 1 fully saturated rings. The summed E-state index contributed by atoms with van der Waals surface area (Å²) in [5.41, 5.74) is 2.41. The van der Waals surface area contributed by atoms with Gasteiger partial charge >= 0.3 is 0 Å². The van der Waals surface area contributed by atoms with Gasteiger partial charge in [-0.3, -0.25) is 0 Å². The number of benzene rings is 1. The average molecular weight is 271 g/mol. The molecule has 20 heavy (non-hydrogen) atoms. The Morgan fingerprint density at radius 1 is 1.15 bits per heavy atom. The molecular weight excluding hydrogens is 253 g/mol. The highest BCUT2D eigenvalue weighted by molar-refractivity contribution is 5.68. The molecule has 2 aromatic rings. The number of halogens is 1. The molecule has 0 bridgehead atoms. The molecule has 1 saturated heterocycles. The number of aryl methyl sites for hydroxylation is 1. The molecule has 0 unspecified atom stereocenters. The minimum atomic E-state index is -0.193. The molecule has 3 nitrogen and oxygen atoms in total. The molecule has 1 aromatic heterocycles. The van der Waals surface area contributed by atoms with Gasteiger partial charge in [-0.05, 0) is 30.7 Å². The topological polar surface area (TPSA) is 28.2 Å². The van der Waals surface area contributed by atoms with E-state index in [0.29, 0.717) is 5.56 Å². The Morgan fingerprint density at radius 2 is 1.95 bits per heavy atom. The van der Waals surface area contributed by atoms with Crippen molar-refractivity contribution in [1.29, 1.82) is 0 Å². The van der Waals surface area contributed by atoms with Crippen molar-refractivity contribution in [3.05, 3.63) is 47.9 Å². The second kappa shape index (κ2) is 5.59. The molecule has 0 aliphatic carbocycles. The lowest BCUT2D eigenvalue weighted by Crippen LogP contribution is -2.43. The van der Waals surface area contributed by atoms with Crippen LogP contribution in [0, 0.1) is 12.7 Å². The number of hydrogen-bond acceptors (Lipinski definition) is 3. The van der Waals surface area contributed by atoms with Crippen LogP contribution in [0.1, 0.15) is 5.56 Å². The monoisotopic (exact) mass is 271 g/mol. The van der Waals surface area contributed by atoms with E-state index in [1.165, 1.54) is 6.07 Å². The Morgan fingerprint density at radius 3 is 2.60 bits per heavy atom.